The van der Waals surface area contributed by atoms with Crippen LogP contribution in [-0.4, -0.2) is 15.4 Å². The topological polar surface area (TPSA) is 0 Å². The van der Waals surface area contributed by atoms with Crippen LogP contribution in [0, 0.1) is 83.1 Å². The number of hydrogen-bond acceptors (Lipinski definition) is 0. The van der Waals surface area contributed by atoms with E-state index in [0.717, 1.165) is 12.7 Å². The molecule has 8 aromatic rings. The number of aryl methyl sites for hydroxylation is 12. The number of rotatable bonds is 6. The third kappa shape index (κ3) is 7.93. The van der Waals surface area contributed by atoms with Gasteiger partial charge in [0.05, 0.1) is 0 Å². The Kier molecular flexibility index (Phi) is 11.1. The minimum Gasteiger partial charge on any atom is -0.0734 e. The van der Waals surface area contributed by atoms with Crippen LogP contribution in [-0.2, 0) is 0 Å². The number of fused-ring (bicyclic) bond motifs is 1. The van der Waals surface area contributed by atoms with Crippen LogP contribution < -0.4 is 8.79 Å². The molecule has 0 spiro atoms. The van der Waals surface area contributed by atoms with Crippen LogP contribution in [0.4, 0.5) is 0 Å². The summed E-state index contributed by atoms with van der Waals surface area (Å²) in [5.74, 6) is 0. The second-order valence-electron chi connectivity index (χ2n) is 15.5. The number of hydrogen-bond donors (Lipinski definition) is 0. The predicted molar refractivity (Wildman–Crippen MR) is 247 cm³/mol. The van der Waals surface area contributed by atoms with Crippen molar-refractivity contribution in [3.63, 3.8) is 0 Å². The van der Waals surface area contributed by atoms with Crippen molar-refractivity contribution in [2.24, 2.45) is 0 Å². The molecule has 0 N–H and O–H groups in total. The van der Waals surface area contributed by atoms with Crippen molar-refractivity contribution in [1.82, 2.24) is 0 Å². The summed E-state index contributed by atoms with van der Waals surface area (Å²) in [7, 11) is 3.09. The predicted octanol–water partition coefficient (Wildman–Crippen LogP) is 14.6. The normalized spacial score (nSPS) is 12.5. The Morgan fingerprint density at radius 3 is 0.698 bits per heavy atom. The van der Waals surface area contributed by atoms with Crippen molar-refractivity contribution < 1.29 is 0 Å². The van der Waals surface area contributed by atoms with Crippen LogP contribution >= 0.6 is 27.8 Å². The van der Waals surface area contributed by atoms with Gasteiger partial charge in [-0.2, -0.15) is 0 Å². The van der Waals surface area contributed by atoms with E-state index < -0.39 is 15.4 Å². The monoisotopic (exact) mass is 826 g/mol. The van der Waals surface area contributed by atoms with E-state index in [9.17, 15) is 0 Å². The molecule has 0 aliphatic carbocycles. The van der Waals surface area contributed by atoms with Gasteiger partial charge < -0.3 is 0 Å². The quantitative estimate of drug-likeness (QED) is 0.147. The molecule has 0 amide bonds. The Balaban J connectivity index is 0.00000100. The average molecular weight is 825 g/mol. The molecule has 0 saturated carbocycles. The Bertz CT molecular complexity index is 2180. The maximum atomic E-state index is 2.40. The molecule has 53 heavy (non-hydrogen) atoms. The van der Waals surface area contributed by atoms with Gasteiger partial charge in [0.25, 0.3) is 0 Å². The van der Waals surface area contributed by atoms with Gasteiger partial charge in [-0.1, -0.05) is 15.1 Å². The van der Waals surface area contributed by atoms with E-state index in [1.54, 1.807) is 15.1 Å². The molecular formula is C48H52GeP4. The molecule has 0 aliphatic rings. The van der Waals surface area contributed by atoms with E-state index in [4.69, 9.17) is 0 Å². The van der Waals surface area contributed by atoms with Gasteiger partial charge in [-0.15, -0.1) is 0 Å². The van der Waals surface area contributed by atoms with Crippen molar-refractivity contribution in [3.05, 3.63) is 152 Å². The van der Waals surface area contributed by atoms with E-state index in [0.29, 0.717) is 0 Å². The van der Waals surface area contributed by atoms with E-state index >= 15 is 0 Å². The largest absolute Gasteiger partial charge is 0.0734 e. The minimum absolute atomic E-state index is 0.901. The molecule has 0 unspecified atom stereocenters. The first-order valence-corrected chi connectivity index (χ1v) is 29.6. The van der Waals surface area contributed by atoms with Gasteiger partial charge in [-0.3, -0.25) is 0 Å². The van der Waals surface area contributed by atoms with Crippen LogP contribution in [0.25, 0.3) is 44.5 Å². The van der Waals surface area contributed by atoms with Crippen molar-refractivity contribution in [3.8, 4) is 44.5 Å². The molecule has 0 atom stereocenters. The van der Waals surface area contributed by atoms with Gasteiger partial charge in [0.15, 0.2) is 0 Å². The molecule has 2 aromatic heterocycles. The molecule has 8 rings (SSSR count). The molecule has 5 heteroatoms. The first kappa shape index (κ1) is 38.3. The molecule has 0 bridgehead atoms. The van der Waals surface area contributed by atoms with Gasteiger partial charge in [0.1, 0.15) is 0 Å². The first-order valence-electron chi connectivity index (χ1n) is 18.7. The molecule has 2 radical (unpaired) electrons. The SMILES string of the molecule is Cc1cc(C)c(-c2cccc(-c3c(C)cc(C)cc3C)[c]2[Ge][c]2c(-c3c(C)cc(C)cc3C)cccc2-c2c(C)cc(C)cc2C)c(C)c1.[pH]1p2[pH]p12. The van der Waals surface area contributed by atoms with Crippen molar-refractivity contribution >= 4 is 52.1 Å². The summed E-state index contributed by atoms with van der Waals surface area (Å²) in [6.45, 7) is 27.2. The van der Waals surface area contributed by atoms with Crippen molar-refractivity contribution in [2.45, 2.75) is 83.1 Å². The maximum Gasteiger partial charge on any atom is -0.0256 e. The third-order valence-electron chi connectivity index (χ3n) is 10.7. The van der Waals surface area contributed by atoms with Crippen LogP contribution in [0.2, 0.25) is 0 Å². The number of benzene rings is 6. The van der Waals surface area contributed by atoms with Crippen LogP contribution in [0.1, 0.15) is 66.8 Å². The zero-order valence-corrected chi connectivity index (χ0v) is 39.4. The molecule has 0 saturated heterocycles. The second-order valence-corrected chi connectivity index (χ2v) is 39.5. The van der Waals surface area contributed by atoms with Crippen LogP contribution in [0.5, 0.6) is 0 Å². The van der Waals surface area contributed by atoms with Gasteiger partial charge in [0.2, 0.25) is 0 Å². The average Bonchev–Trinajstić information content (AvgIpc) is 3.96. The van der Waals surface area contributed by atoms with Gasteiger partial charge >= 0.3 is 304 Å². The second kappa shape index (κ2) is 15.3. The van der Waals surface area contributed by atoms with Gasteiger partial charge in [-0.05, 0) is 12.7 Å². The van der Waals surface area contributed by atoms with Gasteiger partial charge in [0, 0.05) is 0 Å². The summed E-state index contributed by atoms with van der Waals surface area (Å²) in [4.78, 5) is 0. The molecule has 0 aliphatic heterocycles. The fourth-order valence-corrected chi connectivity index (χ4v) is 37.9. The molecule has 6 aromatic carbocycles. The fourth-order valence-electron chi connectivity index (χ4n) is 8.89. The third-order valence-corrected chi connectivity index (χ3v) is 43.2. The zero-order valence-electron chi connectivity index (χ0n) is 33.5. The Morgan fingerprint density at radius 2 is 0.528 bits per heavy atom. The maximum absolute atomic E-state index is 2.40. The van der Waals surface area contributed by atoms with Crippen molar-refractivity contribution in [1.29, 1.82) is 0 Å². The first-order chi connectivity index (χ1) is 25.2. The molecular weight excluding hydrogens is 773 g/mol. The zero-order chi connectivity index (χ0) is 37.9. The van der Waals surface area contributed by atoms with E-state index in [1.165, 1.54) is 120 Å². The Labute approximate surface area is 329 Å². The standard InChI is InChI=1S/C48H50Ge.H2P4/c1-27-19-31(5)43(32(6)20-27)39-15-13-16-40(44-33(7)21-28(2)22-34(44)8)47(39)49-48-41(45-35(9)23-29(3)24-36(45)10)17-14-18-42(48)46-37(11)25-30(4)26-38(46)12;1-3-2-4(1)3/h13-26H,1-12H3;1-2H. The molecule has 0 fully saturated rings. The van der Waals surface area contributed by atoms with E-state index in [1.807, 2.05) is 0 Å². The minimum atomic E-state index is -0.901. The Hall–Kier alpha value is -2.94. The molecule has 2 heterocycles. The molecule has 268 valence electrons. The van der Waals surface area contributed by atoms with Crippen LogP contribution in [0.3, 0.4) is 0 Å². The molecule has 0 nitrogen and oxygen atoms in total. The summed E-state index contributed by atoms with van der Waals surface area (Å²) in [6, 6.07) is 33.1. The fraction of sp³-hybridized carbons (Fsp3) is 0.250. The van der Waals surface area contributed by atoms with Crippen LogP contribution in [0.15, 0.2) is 84.9 Å². The van der Waals surface area contributed by atoms with E-state index in [2.05, 4.69) is 168 Å². The smallest absolute Gasteiger partial charge is 0.0256 e. The van der Waals surface area contributed by atoms with Gasteiger partial charge in [-0.25, -0.2) is 0 Å². The van der Waals surface area contributed by atoms with E-state index in [-0.39, 0.29) is 0 Å². The summed E-state index contributed by atoms with van der Waals surface area (Å²) in [5, 5.41) is 0. The summed E-state index contributed by atoms with van der Waals surface area (Å²) < 4.78 is 3.04. The van der Waals surface area contributed by atoms with Crippen molar-refractivity contribution in [2.75, 3.05) is 0 Å². The summed E-state index contributed by atoms with van der Waals surface area (Å²) in [6.07, 6.45) is 1.83. The Morgan fingerprint density at radius 1 is 0.340 bits per heavy atom. The summed E-state index contributed by atoms with van der Waals surface area (Å²) >= 11 is -0.901. The summed E-state index contributed by atoms with van der Waals surface area (Å²) in [5.41, 5.74) is 27.2.